The Labute approximate surface area is 392 Å². The SMILES string of the molecule is CCCCCCCC/C=C\CCCCCCCC(=O)CCC(COC(=O)CCCCCCC/C=C\CCCCCCCC)OC(=O)CCCCCCC/C=C\CCCCCCCC. The van der Waals surface area contributed by atoms with Crippen LogP contribution in [0.5, 0.6) is 0 Å². The summed E-state index contributed by atoms with van der Waals surface area (Å²) >= 11 is 0. The molecule has 0 aliphatic heterocycles. The Morgan fingerprint density at radius 2 is 0.619 bits per heavy atom. The van der Waals surface area contributed by atoms with E-state index in [2.05, 4.69) is 57.2 Å². The van der Waals surface area contributed by atoms with Gasteiger partial charge in [0.25, 0.3) is 0 Å². The fourth-order valence-corrected chi connectivity index (χ4v) is 8.20. The minimum Gasteiger partial charge on any atom is -0.462 e. The number of ketones is 1. The molecule has 0 bridgehead atoms. The molecule has 0 N–H and O–H groups in total. The van der Waals surface area contributed by atoms with Gasteiger partial charge in [0.2, 0.25) is 0 Å². The molecule has 5 heteroatoms. The first-order chi connectivity index (χ1) is 31.0. The molecular weight excluding hydrogens is 777 g/mol. The molecule has 0 saturated heterocycles. The quantitative estimate of drug-likeness (QED) is 0.0346. The van der Waals surface area contributed by atoms with Gasteiger partial charge in [-0.1, -0.05) is 211 Å². The van der Waals surface area contributed by atoms with Gasteiger partial charge in [-0.15, -0.1) is 0 Å². The molecule has 0 saturated carbocycles. The molecule has 0 aliphatic carbocycles. The van der Waals surface area contributed by atoms with Crippen LogP contribution in [0.3, 0.4) is 0 Å². The number of allylic oxidation sites excluding steroid dienone is 6. The van der Waals surface area contributed by atoms with E-state index in [0.717, 1.165) is 70.6 Å². The second-order valence-corrected chi connectivity index (χ2v) is 18.9. The van der Waals surface area contributed by atoms with Crippen molar-refractivity contribution in [2.75, 3.05) is 6.61 Å². The van der Waals surface area contributed by atoms with E-state index < -0.39 is 6.10 Å². The predicted molar refractivity (Wildman–Crippen MR) is 273 cm³/mol. The summed E-state index contributed by atoms with van der Waals surface area (Å²) in [5, 5.41) is 0. The number of unbranched alkanes of at least 4 members (excludes halogenated alkanes) is 33. The average Bonchev–Trinajstić information content (AvgIpc) is 3.28. The van der Waals surface area contributed by atoms with E-state index in [1.807, 2.05) is 0 Å². The second kappa shape index (κ2) is 52.5. The summed E-state index contributed by atoms with van der Waals surface area (Å²) in [4.78, 5) is 38.4. The van der Waals surface area contributed by atoms with Gasteiger partial charge in [0.05, 0.1) is 0 Å². The highest BCUT2D eigenvalue weighted by molar-refractivity contribution is 5.78. The Bertz CT molecular complexity index is 1000. The predicted octanol–water partition coefficient (Wildman–Crippen LogP) is 18.9. The number of rotatable bonds is 51. The van der Waals surface area contributed by atoms with Gasteiger partial charge in [0.1, 0.15) is 18.5 Å². The zero-order valence-corrected chi connectivity index (χ0v) is 42.4. The third-order valence-electron chi connectivity index (χ3n) is 12.5. The molecule has 63 heavy (non-hydrogen) atoms. The third-order valence-corrected chi connectivity index (χ3v) is 12.5. The van der Waals surface area contributed by atoms with E-state index in [1.54, 1.807) is 0 Å². The monoisotopic (exact) mass is 883 g/mol. The Hall–Kier alpha value is -2.17. The van der Waals surface area contributed by atoms with Gasteiger partial charge < -0.3 is 9.47 Å². The number of carbonyl (C=O) groups is 3. The Morgan fingerprint density at radius 1 is 0.333 bits per heavy atom. The van der Waals surface area contributed by atoms with E-state index >= 15 is 0 Å². The summed E-state index contributed by atoms with van der Waals surface area (Å²) < 4.78 is 11.5. The summed E-state index contributed by atoms with van der Waals surface area (Å²) in [5.41, 5.74) is 0. The van der Waals surface area contributed by atoms with Crippen LogP contribution in [0, 0.1) is 0 Å². The highest BCUT2D eigenvalue weighted by atomic mass is 16.6. The van der Waals surface area contributed by atoms with Gasteiger partial charge in [0.15, 0.2) is 0 Å². The third kappa shape index (κ3) is 50.7. The molecule has 0 spiro atoms. The minimum atomic E-state index is -0.559. The van der Waals surface area contributed by atoms with Crippen LogP contribution in [0.4, 0.5) is 0 Å². The Kier molecular flexibility index (Phi) is 50.6. The molecule has 5 nitrogen and oxygen atoms in total. The van der Waals surface area contributed by atoms with Gasteiger partial charge in [-0.3, -0.25) is 14.4 Å². The first-order valence-electron chi connectivity index (χ1n) is 27.8. The van der Waals surface area contributed by atoms with Crippen molar-refractivity contribution >= 4 is 17.7 Å². The topological polar surface area (TPSA) is 69.7 Å². The molecule has 1 atom stereocenters. The highest BCUT2D eigenvalue weighted by Gasteiger charge is 2.19. The lowest BCUT2D eigenvalue weighted by Crippen LogP contribution is -2.26. The lowest BCUT2D eigenvalue weighted by molar-refractivity contribution is -0.160. The van der Waals surface area contributed by atoms with Crippen molar-refractivity contribution in [3.05, 3.63) is 36.5 Å². The normalized spacial score (nSPS) is 12.3. The molecule has 0 radical (unpaired) electrons. The molecule has 368 valence electrons. The number of Topliss-reactive ketones (excluding diaryl/α,β-unsaturated/α-hetero) is 1. The molecule has 0 aromatic rings. The van der Waals surface area contributed by atoms with Crippen LogP contribution < -0.4 is 0 Å². The summed E-state index contributed by atoms with van der Waals surface area (Å²) in [6, 6.07) is 0. The molecule has 0 heterocycles. The van der Waals surface area contributed by atoms with Gasteiger partial charge in [-0.25, -0.2) is 0 Å². The molecule has 0 aliphatic rings. The molecule has 0 rings (SSSR count). The zero-order valence-electron chi connectivity index (χ0n) is 42.4. The smallest absolute Gasteiger partial charge is 0.306 e. The Balaban J connectivity index is 4.39. The van der Waals surface area contributed by atoms with E-state index in [0.29, 0.717) is 32.1 Å². The van der Waals surface area contributed by atoms with Crippen molar-refractivity contribution in [3.8, 4) is 0 Å². The van der Waals surface area contributed by atoms with Crippen LogP contribution in [0.15, 0.2) is 36.5 Å². The number of esters is 2. The molecule has 1 unspecified atom stereocenters. The van der Waals surface area contributed by atoms with Gasteiger partial charge in [-0.05, 0) is 103 Å². The van der Waals surface area contributed by atoms with Crippen molar-refractivity contribution in [2.45, 2.75) is 309 Å². The highest BCUT2D eigenvalue weighted by Crippen LogP contribution is 2.16. The maximum atomic E-state index is 12.9. The summed E-state index contributed by atoms with van der Waals surface area (Å²) in [5.74, 6) is -0.258. The summed E-state index contributed by atoms with van der Waals surface area (Å²) in [6.07, 6.45) is 63.4. The van der Waals surface area contributed by atoms with Crippen LogP contribution >= 0.6 is 0 Å². The van der Waals surface area contributed by atoms with Crippen LogP contribution in [-0.2, 0) is 23.9 Å². The number of hydrogen-bond donors (Lipinski definition) is 0. The molecule has 0 aromatic heterocycles. The van der Waals surface area contributed by atoms with E-state index in [1.165, 1.54) is 180 Å². The van der Waals surface area contributed by atoms with Crippen molar-refractivity contribution in [1.82, 2.24) is 0 Å². The summed E-state index contributed by atoms with van der Waals surface area (Å²) in [6.45, 7) is 6.85. The molecular formula is C58H106O5. The van der Waals surface area contributed by atoms with Crippen LogP contribution in [-0.4, -0.2) is 30.4 Å². The van der Waals surface area contributed by atoms with Crippen LogP contribution in [0.25, 0.3) is 0 Å². The van der Waals surface area contributed by atoms with Gasteiger partial charge in [-0.2, -0.15) is 0 Å². The number of hydrogen-bond acceptors (Lipinski definition) is 5. The summed E-state index contributed by atoms with van der Waals surface area (Å²) in [7, 11) is 0. The second-order valence-electron chi connectivity index (χ2n) is 18.9. The largest absolute Gasteiger partial charge is 0.462 e. The average molecular weight is 883 g/mol. The first-order valence-corrected chi connectivity index (χ1v) is 27.8. The minimum absolute atomic E-state index is 0.0444. The van der Waals surface area contributed by atoms with Gasteiger partial charge in [0, 0.05) is 25.7 Å². The fourth-order valence-electron chi connectivity index (χ4n) is 8.20. The van der Waals surface area contributed by atoms with Crippen LogP contribution in [0.1, 0.15) is 303 Å². The van der Waals surface area contributed by atoms with Crippen LogP contribution in [0.2, 0.25) is 0 Å². The number of ether oxygens (including phenoxy) is 2. The standard InChI is InChI=1S/C58H106O5/c1-4-7-10-13-16-19-22-25-28-31-34-37-40-43-46-49-55(59)52-53-56(63-58(61)51-48-45-42-39-36-33-30-27-24-21-18-15-12-9-6-3)54-62-57(60)50-47-44-41-38-35-32-29-26-23-20-17-14-11-8-5-2/h25-30,56H,4-24,31-54H2,1-3H3/b28-25-,29-26-,30-27-. The maximum Gasteiger partial charge on any atom is 0.306 e. The van der Waals surface area contributed by atoms with E-state index in [4.69, 9.17) is 9.47 Å². The van der Waals surface area contributed by atoms with Crippen molar-refractivity contribution < 1.29 is 23.9 Å². The molecule has 0 fully saturated rings. The lowest BCUT2D eigenvalue weighted by Gasteiger charge is -2.18. The van der Waals surface area contributed by atoms with Crippen molar-refractivity contribution in [1.29, 1.82) is 0 Å². The van der Waals surface area contributed by atoms with Crippen molar-refractivity contribution in [3.63, 3.8) is 0 Å². The van der Waals surface area contributed by atoms with E-state index in [-0.39, 0.29) is 24.3 Å². The maximum absolute atomic E-state index is 12.9. The first kappa shape index (κ1) is 60.8. The zero-order chi connectivity index (χ0) is 45.8. The van der Waals surface area contributed by atoms with E-state index in [9.17, 15) is 14.4 Å². The van der Waals surface area contributed by atoms with Gasteiger partial charge >= 0.3 is 11.9 Å². The lowest BCUT2D eigenvalue weighted by atomic mass is 10.0. The Morgan fingerprint density at radius 3 is 0.968 bits per heavy atom. The number of carbonyl (C=O) groups excluding carboxylic acids is 3. The molecule has 0 amide bonds. The fraction of sp³-hybridized carbons (Fsp3) is 0.845. The molecule has 0 aromatic carbocycles. The van der Waals surface area contributed by atoms with Crippen molar-refractivity contribution in [2.24, 2.45) is 0 Å².